The molecule has 2 rings (SSSR count). The van der Waals surface area contributed by atoms with E-state index in [2.05, 4.69) is 34.7 Å². The number of rotatable bonds is 4. The zero-order valence-electron chi connectivity index (χ0n) is 9.98. The molecule has 1 unspecified atom stereocenters. The third-order valence-electron chi connectivity index (χ3n) is 2.86. The second-order valence-corrected chi connectivity index (χ2v) is 4.29. The van der Waals surface area contributed by atoms with Crippen LogP contribution in [0.15, 0.2) is 24.3 Å². The molecule has 1 atom stereocenters. The quantitative estimate of drug-likeness (QED) is 0.854. The zero-order valence-corrected chi connectivity index (χ0v) is 9.98. The van der Waals surface area contributed by atoms with Crippen LogP contribution in [0.4, 0.5) is 0 Å². The summed E-state index contributed by atoms with van der Waals surface area (Å²) in [6.07, 6.45) is 1.96. The lowest BCUT2D eigenvalue weighted by molar-refractivity contribution is 0.565. The highest BCUT2D eigenvalue weighted by atomic mass is 15.1. The molecule has 3 nitrogen and oxygen atoms in total. The molecule has 0 aliphatic rings. The third-order valence-corrected chi connectivity index (χ3v) is 2.86. The molecule has 0 aliphatic carbocycles. The summed E-state index contributed by atoms with van der Waals surface area (Å²) < 4.78 is 2.29. The first-order valence-corrected chi connectivity index (χ1v) is 5.92. The largest absolute Gasteiger partial charge is 0.328 e. The molecule has 0 saturated carbocycles. The normalized spacial score (nSPS) is 13.2. The van der Waals surface area contributed by atoms with Crippen molar-refractivity contribution < 1.29 is 0 Å². The minimum Gasteiger partial charge on any atom is -0.328 e. The summed E-state index contributed by atoms with van der Waals surface area (Å²) in [5.74, 6) is 1.15. The molecule has 2 aromatic rings. The first-order chi connectivity index (χ1) is 7.72. The number of imidazole rings is 1. The van der Waals surface area contributed by atoms with Gasteiger partial charge in [-0.25, -0.2) is 4.98 Å². The van der Waals surface area contributed by atoms with E-state index in [4.69, 9.17) is 5.73 Å². The minimum atomic E-state index is 0.242. The summed E-state index contributed by atoms with van der Waals surface area (Å²) in [5.41, 5.74) is 8.12. The Morgan fingerprint density at radius 2 is 2.12 bits per heavy atom. The molecule has 86 valence electrons. The third kappa shape index (κ3) is 2.09. The lowest BCUT2D eigenvalue weighted by atomic mass is 10.2. The van der Waals surface area contributed by atoms with Crippen LogP contribution < -0.4 is 5.73 Å². The van der Waals surface area contributed by atoms with Gasteiger partial charge in [0.1, 0.15) is 5.82 Å². The SMILES string of the molecule is CCc1nc2ccccc2n1CCC(C)N. The highest BCUT2D eigenvalue weighted by Gasteiger charge is 2.08. The van der Waals surface area contributed by atoms with Crippen molar-refractivity contribution >= 4 is 11.0 Å². The number of aryl methyl sites for hydroxylation is 2. The van der Waals surface area contributed by atoms with Crippen molar-refractivity contribution in [3.63, 3.8) is 0 Å². The molecule has 0 radical (unpaired) electrons. The van der Waals surface area contributed by atoms with Crippen molar-refractivity contribution in [3.05, 3.63) is 30.1 Å². The van der Waals surface area contributed by atoms with Gasteiger partial charge >= 0.3 is 0 Å². The molecule has 1 aromatic heterocycles. The van der Waals surface area contributed by atoms with Gasteiger partial charge in [0, 0.05) is 19.0 Å². The van der Waals surface area contributed by atoms with E-state index in [1.165, 1.54) is 5.52 Å². The van der Waals surface area contributed by atoms with E-state index in [9.17, 15) is 0 Å². The number of para-hydroxylation sites is 2. The van der Waals surface area contributed by atoms with Crippen LogP contribution in [0.2, 0.25) is 0 Å². The van der Waals surface area contributed by atoms with Crippen LogP contribution in [0.3, 0.4) is 0 Å². The Labute approximate surface area is 96.3 Å². The fourth-order valence-electron chi connectivity index (χ4n) is 1.98. The fourth-order valence-corrected chi connectivity index (χ4v) is 1.98. The maximum Gasteiger partial charge on any atom is 0.109 e. The second kappa shape index (κ2) is 4.66. The molecule has 2 N–H and O–H groups in total. The topological polar surface area (TPSA) is 43.8 Å². The Morgan fingerprint density at radius 3 is 2.81 bits per heavy atom. The van der Waals surface area contributed by atoms with Gasteiger partial charge in [0.15, 0.2) is 0 Å². The Balaban J connectivity index is 2.39. The van der Waals surface area contributed by atoms with E-state index in [0.29, 0.717) is 0 Å². The van der Waals surface area contributed by atoms with Gasteiger partial charge in [0.2, 0.25) is 0 Å². The van der Waals surface area contributed by atoms with Gasteiger partial charge in [-0.15, -0.1) is 0 Å². The van der Waals surface area contributed by atoms with E-state index in [-0.39, 0.29) is 6.04 Å². The highest BCUT2D eigenvalue weighted by molar-refractivity contribution is 5.75. The monoisotopic (exact) mass is 217 g/mol. The lowest BCUT2D eigenvalue weighted by Gasteiger charge is -2.09. The van der Waals surface area contributed by atoms with Gasteiger partial charge in [-0.05, 0) is 25.5 Å². The first kappa shape index (κ1) is 11.1. The Bertz CT molecular complexity index is 471. The summed E-state index contributed by atoms with van der Waals surface area (Å²) in [5, 5.41) is 0. The van der Waals surface area contributed by atoms with Gasteiger partial charge in [0.25, 0.3) is 0 Å². The molecule has 1 aromatic carbocycles. The number of hydrogen-bond acceptors (Lipinski definition) is 2. The standard InChI is InChI=1S/C13H19N3/c1-3-13-15-11-6-4-5-7-12(11)16(13)9-8-10(2)14/h4-7,10H,3,8-9,14H2,1-2H3. The molecule has 1 heterocycles. The zero-order chi connectivity index (χ0) is 11.5. The molecule has 16 heavy (non-hydrogen) atoms. The van der Waals surface area contributed by atoms with Crippen molar-refractivity contribution in [2.75, 3.05) is 0 Å². The van der Waals surface area contributed by atoms with Crippen molar-refractivity contribution in [3.8, 4) is 0 Å². The van der Waals surface area contributed by atoms with Crippen LogP contribution in [0.1, 0.15) is 26.1 Å². The van der Waals surface area contributed by atoms with Gasteiger partial charge in [-0.2, -0.15) is 0 Å². The average Bonchev–Trinajstić information content (AvgIpc) is 2.64. The molecule has 0 fully saturated rings. The predicted molar refractivity (Wildman–Crippen MR) is 67.4 cm³/mol. The lowest BCUT2D eigenvalue weighted by Crippen LogP contribution is -2.18. The summed E-state index contributed by atoms with van der Waals surface area (Å²) in [7, 11) is 0. The van der Waals surface area contributed by atoms with Crippen molar-refractivity contribution in [2.45, 2.75) is 39.3 Å². The Morgan fingerprint density at radius 1 is 1.38 bits per heavy atom. The van der Waals surface area contributed by atoms with E-state index >= 15 is 0 Å². The first-order valence-electron chi connectivity index (χ1n) is 5.92. The number of nitrogens with two attached hydrogens (primary N) is 1. The Hall–Kier alpha value is -1.35. The maximum absolute atomic E-state index is 5.81. The molecule has 3 heteroatoms. The Kier molecular flexibility index (Phi) is 3.25. The van der Waals surface area contributed by atoms with Crippen molar-refractivity contribution in [1.82, 2.24) is 9.55 Å². The smallest absolute Gasteiger partial charge is 0.109 e. The van der Waals surface area contributed by atoms with Crippen molar-refractivity contribution in [2.24, 2.45) is 5.73 Å². The van der Waals surface area contributed by atoms with Crippen LogP contribution >= 0.6 is 0 Å². The van der Waals surface area contributed by atoms with E-state index in [1.807, 2.05) is 13.0 Å². The number of fused-ring (bicyclic) bond motifs is 1. The van der Waals surface area contributed by atoms with Crippen LogP contribution in [-0.4, -0.2) is 15.6 Å². The van der Waals surface area contributed by atoms with Gasteiger partial charge < -0.3 is 10.3 Å². The molecule has 0 aliphatic heterocycles. The summed E-state index contributed by atoms with van der Waals surface area (Å²) >= 11 is 0. The predicted octanol–water partition coefficient (Wildman–Crippen LogP) is 2.34. The van der Waals surface area contributed by atoms with Crippen LogP contribution in [-0.2, 0) is 13.0 Å². The molecule has 0 spiro atoms. The van der Waals surface area contributed by atoms with Gasteiger partial charge in [0.05, 0.1) is 11.0 Å². The number of aromatic nitrogens is 2. The van der Waals surface area contributed by atoms with Crippen LogP contribution in [0.5, 0.6) is 0 Å². The minimum absolute atomic E-state index is 0.242. The average molecular weight is 217 g/mol. The summed E-state index contributed by atoms with van der Waals surface area (Å²) in [4.78, 5) is 4.63. The van der Waals surface area contributed by atoms with Crippen LogP contribution in [0.25, 0.3) is 11.0 Å². The molecule has 0 amide bonds. The highest BCUT2D eigenvalue weighted by Crippen LogP contribution is 2.17. The van der Waals surface area contributed by atoms with Crippen molar-refractivity contribution in [1.29, 1.82) is 0 Å². The second-order valence-electron chi connectivity index (χ2n) is 4.29. The summed E-state index contributed by atoms with van der Waals surface area (Å²) in [6.45, 7) is 5.15. The fraction of sp³-hybridized carbons (Fsp3) is 0.462. The van der Waals surface area contributed by atoms with E-state index in [0.717, 1.165) is 30.7 Å². The van der Waals surface area contributed by atoms with E-state index < -0.39 is 0 Å². The maximum atomic E-state index is 5.81. The summed E-state index contributed by atoms with van der Waals surface area (Å²) in [6, 6.07) is 8.53. The van der Waals surface area contributed by atoms with Gasteiger partial charge in [-0.3, -0.25) is 0 Å². The molecule has 0 bridgehead atoms. The molecular formula is C13H19N3. The van der Waals surface area contributed by atoms with E-state index in [1.54, 1.807) is 0 Å². The number of nitrogens with zero attached hydrogens (tertiary/aromatic N) is 2. The van der Waals surface area contributed by atoms with Crippen LogP contribution in [0, 0.1) is 0 Å². The molecular weight excluding hydrogens is 198 g/mol. The number of hydrogen-bond donors (Lipinski definition) is 1. The molecule has 0 saturated heterocycles. The van der Waals surface area contributed by atoms with Gasteiger partial charge in [-0.1, -0.05) is 19.1 Å². The number of benzene rings is 1.